The molecule has 2 heterocycles. The van der Waals surface area contributed by atoms with Gasteiger partial charge in [0.1, 0.15) is 0 Å². The van der Waals surface area contributed by atoms with Crippen molar-refractivity contribution in [1.29, 1.82) is 0 Å². The van der Waals surface area contributed by atoms with Crippen LogP contribution in [-0.2, 0) is 12.6 Å². The van der Waals surface area contributed by atoms with Crippen molar-refractivity contribution in [2.45, 2.75) is 25.9 Å². The third-order valence-corrected chi connectivity index (χ3v) is 3.46. The van der Waals surface area contributed by atoms with E-state index in [9.17, 15) is 13.2 Å². The van der Waals surface area contributed by atoms with E-state index < -0.39 is 11.7 Å². The first-order valence-corrected chi connectivity index (χ1v) is 6.98. The molecule has 3 nitrogen and oxygen atoms in total. The molecule has 1 aromatic carbocycles. The van der Waals surface area contributed by atoms with Gasteiger partial charge in [-0.25, -0.2) is 4.98 Å². The molecule has 2 aromatic heterocycles. The van der Waals surface area contributed by atoms with Gasteiger partial charge < -0.3 is 0 Å². The number of alkyl halides is 3. The highest BCUT2D eigenvalue weighted by Gasteiger charge is 2.30. The second-order valence-electron chi connectivity index (χ2n) is 5.08. The summed E-state index contributed by atoms with van der Waals surface area (Å²) in [4.78, 5) is 8.56. The molecule has 0 bridgehead atoms. The van der Waals surface area contributed by atoms with Crippen molar-refractivity contribution >= 4 is 5.65 Å². The smallest absolute Gasteiger partial charge is 0.297 e. The van der Waals surface area contributed by atoms with Crippen LogP contribution in [0.3, 0.4) is 0 Å². The van der Waals surface area contributed by atoms with Gasteiger partial charge in [-0.15, -0.1) is 0 Å². The van der Waals surface area contributed by atoms with Gasteiger partial charge in [0.15, 0.2) is 5.65 Å². The zero-order chi connectivity index (χ0) is 15.7. The lowest BCUT2D eigenvalue weighted by atomic mass is 10.1. The largest absolute Gasteiger partial charge is 0.416 e. The molecule has 3 aromatic rings. The minimum Gasteiger partial charge on any atom is -0.297 e. The lowest BCUT2D eigenvalue weighted by Gasteiger charge is -2.08. The number of hydrogen-bond acceptors (Lipinski definition) is 2. The number of rotatable bonds is 3. The van der Waals surface area contributed by atoms with E-state index in [0.29, 0.717) is 11.2 Å². The van der Waals surface area contributed by atoms with Crippen molar-refractivity contribution in [1.82, 2.24) is 14.4 Å². The molecular weight excluding hydrogens is 291 g/mol. The number of nitrogens with zero attached hydrogens (tertiary/aromatic N) is 3. The number of aryl methyl sites for hydroxylation is 1. The van der Waals surface area contributed by atoms with E-state index in [2.05, 4.69) is 16.9 Å². The predicted molar refractivity (Wildman–Crippen MR) is 77.4 cm³/mol. The minimum atomic E-state index is -4.32. The summed E-state index contributed by atoms with van der Waals surface area (Å²) in [6.07, 6.45) is 2.71. The second kappa shape index (κ2) is 5.44. The fourth-order valence-electron chi connectivity index (χ4n) is 2.36. The van der Waals surface area contributed by atoms with Gasteiger partial charge >= 0.3 is 6.18 Å². The van der Waals surface area contributed by atoms with Gasteiger partial charge in [0.05, 0.1) is 29.3 Å². The molecule has 0 N–H and O–H groups in total. The molecule has 114 valence electrons. The van der Waals surface area contributed by atoms with Gasteiger partial charge in [0.25, 0.3) is 0 Å². The zero-order valence-corrected chi connectivity index (χ0v) is 11.9. The molecule has 0 aliphatic heterocycles. The molecule has 0 atom stereocenters. The minimum absolute atomic E-state index is 0.654. The van der Waals surface area contributed by atoms with Crippen molar-refractivity contribution in [3.8, 4) is 11.3 Å². The molecule has 22 heavy (non-hydrogen) atoms. The SMILES string of the molecule is CCCc1cn2c(-c3ccc(C(F)(F)F)cc3)cnc2cn1. The molecule has 0 aliphatic rings. The normalized spacial score (nSPS) is 12.0. The van der Waals surface area contributed by atoms with Crippen LogP contribution >= 0.6 is 0 Å². The van der Waals surface area contributed by atoms with Crippen LogP contribution in [0.25, 0.3) is 16.9 Å². The van der Waals surface area contributed by atoms with Crippen LogP contribution in [0, 0.1) is 0 Å². The van der Waals surface area contributed by atoms with Gasteiger partial charge in [-0.1, -0.05) is 25.5 Å². The Kier molecular flexibility index (Phi) is 3.60. The summed E-state index contributed by atoms with van der Waals surface area (Å²) in [5, 5.41) is 0. The van der Waals surface area contributed by atoms with E-state index in [-0.39, 0.29) is 0 Å². The first kappa shape index (κ1) is 14.6. The van der Waals surface area contributed by atoms with E-state index in [1.165, 1.54) is 12.1 Å². The molecule has 0 amide bonds. The Labute approximate surface area is 125 Å². The number of imidazole rings is 1. The van der Waals surface area contributed by atoms with Crippen LogP contribution in [-0.4, -0.2) is 14.4 Å². The summed E-state index contributed by atoms with van der Waals surface area (Å²) in [6, 6.07) is 5.10. The Bertz CT molecular complexity index is 788. The van der Waals surface area contributed by atoms with Gasteiger partial charge in [-0.3, -0.25) is 9.38 Å². The zero-order valence-electron chi connectivity index (χ0n) is 11.9. The fraction of sp³-hybridized carbons (Fsp3) is 0.250. The summed E-state index contributed by atoms with van der Waals surface area (Å²) in [5.41, 5.74) is 2.40. The van der Waals surface area contributed by atoms with Crippen molar-refractivity contribution in [3.05, 3.63) is 54.1 Å². The first-order valence-electron chi connectivity index (χ1n) is 6.98. The number of aromatic nitrogens is 3. The molecule has 0 radical (unpaired) electrons. The van der Waals surface area contributed by atoms with Crippen LogP contribution in [0.2, 0.25) is 0 Å². The van der Waals surface area contributed by atoms with Gasteiger partial charge in [0.2, 0.25) is 0 Å². The highest BCUT2D eigenvalue weighted by Crippen LogP contribution is 2.31. The molecule has 0 fully saturated rings. The summed E-state index contributed by atoms with van der Waals surface area (Å²) in [7, 11) is 0. The molecular formula is C16H14F3N3. The Morgan fingerprint density at radius 1 is 1.05 bits per heavy atom. The van der Waals surface area contributed by atoms with Crippen LogP contribution in [0.15, 0.2) is 42.9 Å². The summed E-state index contributed by atoms with van der Waals surface area (Å²) < 4.78 is 39.7. The monoisotopic (exact) mass is 305 g/mol. The Hall–Kier alpha value is -2.37. The molecule has 3 rings (SSSR count). The lowest BCUT2D eigenvalue weighted by Crippen LogP contribution is -2.04. The predicted octanol–water partition coefficient (Wildman–Crippen LogP) is 4.37. The fourth-order valence-corrected chi connectivity index (χ4v) is 2.36. The van der Waals surface area contributed by atoms with E-state index >= 15 is 0 Å². The van der Waals surface area contributed by atoms with Gasteiger partial charge in [-0.05, 0) is 18.6 Å². The standard InChI is InChI=1S/C16H14F3N3/c1-2-3-13-10-22-14(8-21-15(22)9-20-13)11-4-6-12(7-5-11)16(17,18)19/h4-10H,2-3H2,1H3. The number of fused-ring (bicyclic) bond motifs is 1. The molecule has 0 saturated heterocycles. The number of hydrogen-bond donors (Lipinski definition) is 0. The molecule has 6 heteroatoms. The Balaban J connectivity index is 2.04. The maximum Gasteiger partial charge on any atom is 0.416 e. The van der Waals surface area contributed by atoms with Crippen LogP contribution in [0.4, 0.5) is 13.2 Å². The Morgan fingerprint density at radius 3 is 2.41 bits per heavy atom. The molecule has 0 spiro atoms. The van der Waals surface area contributed by atoms with E-state index in [1.54, 1.807) is 12.4 Å². The topological polar surface area (TPSA) is 30.2 Å². The van der Waals surface area contributed by atoms with Crippen molar-refractivity contribution in [3.63, 3.8) is 0 Å². The van der Waals surface area contributed by atoms with Crippen LogP contribution < -0.4 is 0 Å². The average molecular weight is 305 g/mol. The second-order valence-corrected chi connectivity index (χ2v) is 5.08. The van der Waals surface area contributed by atoms with Gasteiger partial charge in [-0.2, -0.15) is 13.2 Å². The van der Waals surface area contributed by atoms with Crippen LogP contribution in [0.5, 0.6) is 0 Å². The quantitative estimate of drug-likeness (QED) is 0.719. The Morgan fingerprint density at radius 2 is 1.77 bits per heavy atom. The maximum absolute atomic E-state index is 12.6. The van der Waals surface area contributed by atoms with Crippen LogP contribution in [0.1, 0.15) is 24.6 Å². The maximum atomic E-state index is 12.6. The summed E-state index contributed by atoms with van der Waals surface area (Å²) >= 11 is 0. The number of halogens is 3. The third kappa shape index (κ3) is 2.68. The highest BCUT2D eigenvalue weighted by atomic mass is 19.4. The molecule has 0 unspecified atom stereocenters. The lowest BCUT2D eigenvalue weighted by molar-refractivity contribution is -0.137. The average Bonchev–Trinajstić information content (AvgIpc) is 2.90. The first-order chi connectivity index (χ1) is 10.5. The summed E-state index contributed by atoms with van der Waals surface area (Å²) in [5.74, 6) is 0. The summed E-state index contributed by atoms with van der Waals surface area (Å²) in [6.45, 7) is 2.07. The van der Waals surface area contributed by atoms with E-state index in [4.69, 9.17) is 0 Å². The van der Waals surface area contributed by atoms with Crippen molar-refractivity contribution in [2.24, 2.45) is 0 Å². The number of benzene rings is 1. The van der Waals surface area contributed by atoms with E-state index in [1.807, 2.05) is 10.6 Å². The van der Waals surface area contributed by atoms with E-state index in [0.717, 1.165) is 36.4 Å². The molecule has 0 saturated carbocycles. The van der Waals surface area contributed by atoms with Crippen molar-refractivity contribution in [2.75, 3.05) is 0 Å². The molecule has 0 aliphatic carbocycles. The highest BCUT2D eigenvalue weighted by molar-refractivity contribution is 5.63. The third-order valence-electron chi connectivity index (χ3n) is 3.46. The van der Waals surface area contributed by atoms with Crippen molar-refractivity contribution < 1.29 is 13.2 Å². The van der Waals surface area contributed by atoms with Gasteiger partial charge in [0, 0.05) is 11.8 Å².